The molecule has 102 valence electrons. The molecule has 0 saturated heterocycles. The number of nitrogens with two attached hydrogens (primary N) is 2. The molecule has 2 aromatic rings. The van der Waals surface area contributed by atoms with Crippen LogP contribution in [0.5, 0.6) is 11.5 Å². The van der Waals surface area contributed by atoms with E-state index in [9.17, 15) is 10.2 Å². The van der Waals surface area contributed by atoms with Crippen LogP contribution in [0.15, 0.2) is 36.4 Å². The molecule has 0 aliphatic heterocycles. The first kappa shape index (κ1) is 15.8. The number of benzene rings is 2. The van der Waals surface area contributed by atoms with Gasteiger partial charge in [-0.2, -0.15) is 0 Å². The van der Waals surface area contributed by atoms with Crippen LogP contribution < -0.4 is 20.2 Å². The van der Waals surface area contributed by atoms with Gasteiger partial charge >= 0.3 is 113 Å². The number of anilines is 2. The number of phenols is 2. The van der Waals surface area contributed by atoms with E-state index in [1.807, 2.05) is 0 Å². The predicted octanol–water partition coefficient (Wildman–Crippen LogP) is 1.03. The molecule has 0 fully saturated rings. The van der Waals surface area contributed by atoms with Crippen LogP contribution in [-0.4, -0.2) is 23.9 Å². The zero-order valence-electron chi connectivity index (χ0n) is 9.75. The van der Waals surface area contributed by atoms with Gasteiger partial charge in [0.2, 0.25) is 0 Å². The Morgan fingerprint density at radius 2 is 1.21 bits per heavy atom. The second-order valence-electron chi connectivity index (χ2n) is 3.77. The van der Waals surface area contributed by atoms with Gasteiger partial charge in [-0.05, 0) is 0 Å². The molecule has 0 atom stereocenters. The summed E-state index contributed by atoms with van der Waals surface area (Å²) in [7, 11) is 6.45. The predicted molar refractivity (Wildman–Crippen MR) is 83.2 cm³/mol. The third-order valence-electron chi connectivity index (χ3n) is 2.48. The molecule has 0 bridgehead atoms. The van der Waals surface area contributed by atoms with Gasteiger partial charge in [-0.3, -0.25) is 0 Å². The summed E-state index contributed by atoms with van der Waals surface area (Å²) >= 11 is -2.00. The van der Waals surface area contributed by atoms with Crippen molar-refractivity contribution in [2.24, 2.45) is 0 Å². The van der Waals surface area contributed by atoms with Crippen LogP contribution in [0.25, 0.3) is 0 Å². The van der Waals surface area contributed by atoms with E-state index >= 15 is 0 Å². The average molecular weight is 363 g/mol. The normalized spacial score (nSPS) is 10.2. The molecule has 0 aliphatic carbocycles. The summed E-state index contributed by atoms with van der Waals surface area (Å²) in [5, 5.41) is 18.7. The van der Waals surface area contributed by atoms with E-state index in [0.29, 0.717) is 11.4 Å². The van der Waals surface area contributed by atoms with Gasteiger partial charge in [-0.15, -0.1) is 12.4 Å². The van der Waals surface area contributed by atoms with E-state index in [4.69, 9.17) is 21.4 Å². The Bertz CT molecular complexity index is 544. The first-order valence-corrected chi connectivity index (χ1v) is 9.46. The Labute approximate surface area is 125 Å². The molecule has 6 N–H and O–H groups in total. The third-order valence-corrected chi connectivity index (χ3v) is 7.57. The molecule has 0 aromatic heterocycles. The summed E-state index contributed by atoms with van der Waals surface area (Å²) in [5.74, 6) is 0.0890. The molecule has 0 aliphatic rings. The van der Waals surface area contributed by atoms with E-state index in [-0.39, 0.29) is 23.9 Å². The van der Waals surface area contributed by atoms with Crippen LogP contribution in [-0.2, 0) is 0 Å². The van der Waals surface area contributed by atoms with Gasteiger partial charge in [0.1, 0.15) is 0 Å². The van der Waals surface area contributed by atoms with Crippen LogP contribution in [0.3, 0.4) is 0 Å². The molecule has 0 spiro atoms. The number of aromatic hydroxyl groups is 2. The maximum absolute atomic E-state index is 9.37. The molecule has 0 unspecified atom stereocenters. The van der Waals surface area contributed by atoms with Gasteiger partial charge in [-0.1, -0.05) is 0 Å². The summed E-state index contributed by atoms with van der Waals surface area (Å²) in [5.41, 5.74) is 11.9. The summed E-state index contributed by atoms with van der Waals surface area (Å²) in [6.07, 6.45) is 0. The molecule has 2 aromatic carbocycles. The molecule has 0 saturated carbocycles. The number of hydrogen-bond acceptors (Lipinski definition) is 4. The number of hydrogen-bond donors (Lipinski definition) is 4. The Hall–Kier alpha value is -1.22. The fourth-order valence-corrected chi connectivity index (χ4v) is 5.12. The quantitative estimate of drug-likeness (QED) is 0.364. The number of nitrogen functional groups attached to an aromatic ring is 2. The molecule has 0 heterocycles. The van der Waals surface area contributed by atoms with Crippen LogP contribution in [0, 0.1) is 0 Å². The topological polar surface area (TPSA) is 92.5 Å². The SMILES string of the molecule is Cl.Nc1cc([As](Cl)c2ccc(O)c(N)c2)ccc1O. The first-order chi connectivity index (χ1) is 8.49. The Morgan fingerprint density at radius 3 is 1.53 bits per heavy atom. The fourth-order valence-electron chi connectivity index (χ4n) is 1.48. The number of halogens is 2. The van der Waals surface area contributed by atoms with Crippen molar-refractivity contribution in [1.29, 1.82) is 0 Å². The number of rotatable bonds is 2. The molecule has 0 radical (unpaired) electrons. The van der Waals surface area contributed by atoms with Crippen molar-refractivity contribution < 1.29 is 10.2 Å². The van der Waals surface area contributed by atoms with Gasteiger partial charge in [0, 0.05) is 0 Å². The zero-order chi connectivity index (χ0) is 13.3. The second kappa shape index (κ2) is 6.29. The molecule has 19 heavy (non-hydrogen) atoms. The molecule has 4 nitrogen and oxygen atoms in total. The van der Waals surface area contributed by atoms with Crippen LogP contribution in [0.4, 0.5) is 11.4 Å². The van der Waals surface area contributed by atoms with Gasteiger partial charge in [-0.25, -0.2) is 0 Å². The Kier molecular flexibility index (Phi) is 5.24. The van der Waals surface area contributed by atoms with Crippen molar-refractivity contribution in [3.05, 3.63) is 36.4 Å². The van der Waals surface area contributed by atoms with E-state index in [0.717, 1.165) is 8.70 Å². The van der Waals surface area contributed by atoms with Gasteiger partial charge in [0.25, 0.3) is 0 Å². The summed E-state index contributed by atoms with van der Waals surface area (Å²) in [6, 6.07) is 9.90. The van der Waals surface area contributed by atoms with Crippen molar-refractivity contribution in [2.45, 2.75) is 0 Å². The molecule has 0 amide bonds. The molecule has 7 heteroatoms. The van der Waals surface area contributed by atoms with Crippen molar-refractivity contribution in [3.63, 3.8) is 0 Å². The molecule has 2 rings (SSSR count). The monoisotopic (exact) mass is 362 g/mol. The fraction of sp³-hybridized carbons (Fsp3) is 0. The van der Waals surface area contributed by atoms with E-state index in [1.54, 1.807) is 24.3 Å². The van der Waals surface area contributed by atoms with Gasteiger partial charge < -0.3 is 0 Å². The average Bonchev–Trinajstić information content (AvgIpc) is 2.35. The third kappa shape index (κ3) is 3.41. The van der Waals surface area contributed by atoms with Crippen molar-refractivity contribution in [3.8, 4) is 11.5 Å². The summed E-state index contributed by atoms with van der Waals surface area (Å²) < 4.78 is 1.79. The summed E-state index contributed by atoms with van der Waals surface area (Å²) in [4.78, 5) is 0. The van der Waals surface area contributed by atoms with Crippen molar-refractivity contribution in [2.75, 3.05) is 11.5 Å². The van der Waals surface area contributed by atoms with Crippen molar-refractivity contribution >= 4 is 56.1 Å². The van der Waals surface area contributed by atoms with Gasteiger partial charge in [0.05, 0.1) is 0 Å². The molecular weight excluding hydrogens is 350 g/mol. The van der Waals surface area contributed by atoms with E-state index < -0.39 is 13.7 Å². The Morgan fingerprint density at radius 1 is 0.842 bits per heavy atom. The van der Waals surface area contributed by atoms with E-state index in [1.165, 1.54) is 12.1 Å². The van der Waals surface area contributed by atoms with Crippen LogP contribution >= 0.6 is 22.4 Å². The van der Waals surface area contributed by atoms with E-state index in [2.05, 4.69) is 0 Å². The summed E-state index contributed by atoms with van der Waals surface area (Å²) in [6.45, 7) is 0. The molecular formula is C12H13AsCl2N2O2. The standard InChI is InChI=1S/C12H12AsClN2O2.ClH/c14-13(7-1-3-11(17)9(15)5-7)8-2-4-12(18)10(16)6-8;/h1-6,17-18H,15-16H2;1H. The first-order valence-electron chi connectivity index (χ1n) is 5.12. The van der Waals surface area contributed by atoms with Crippen LogP contribution in [0.2, 0.25) is 0 Å². The minimum absolute atomic E-state index is 0. The second-order valence-corrected chi connectivity index (χ2v) is 8.87. The minimum atomic E-state index is -2.00. The van der Waals surface area contributed by atoms with Crippen molar-refractivity contribution in [1.82, 2.24) is 0 Å². The Balaban J connectivity index is 0.00000180. The number of phenolic OH excluding ortho intramolecular Hbond substituents is 2. The van der Waals surface area contributed by atoms with Gasteiger partial charge in [0.15, 0.2) is 0 Å². The maximum atomic E-state index is 9.37. The zero-order valence-corrected chi connectivity index (χ0v) is 13.2. The van der Waals surface area contributed by atoms with Crippen LogP contribution in [0.1, 0.15) is 0 Å².